The summed E-state index contributed by atoms with van der Waals surface area (Å²) >= 11 is 0. The summed E-state index contributed by atoms with van der Waals surface area (Å²) < 4.78 is 12.9. The number of carbonyl (C=O) groups excluding carboxylic acids is 1. The van der Waals surface area contributed by atoms with E-state index in [1.54, 1.807) is 31.4 Å². The Bertz CT molecular complexity index is 751. The molecule has 0 radical (unpaired) electrons. The third-order valence-electron chi connectivity index (χ3n) is 4.28. The molecule has 1 aliphatic heterocycles. The number of hydrogen-bond acceptors (Lipinski definition) is 5. The van der Waals surface area contributed by atoms with Crippen molar-refractivity contribution in [2.24, 2.45) is 0 Å². The van der Waals surface area contributed by atoms with Crippen LogP contribution in [0.1, 0.15) is 43.2 Å². The predicted octanol–water partition coefficient (Wildman–Crippen LogP) is 2.86. The molecule has 1 atom stereocenters. The molecule has 1 aromatic carbocycles. The van der Waals surface area contributed by atoms with Gasteiger partial charge in [0.1, 0.15) is 11.5 Å². The van der Waals surface area contributed by atoms with Crippen molar-refractivity contribution in [3.63, 3.8) is 0 Å². The molecule has 2 N–H and O–H groups in total. The molecule has 0 aliphatic carbocycles. The fourth-order valence-electron chi connectivity index (χ4n) is 3.00. The van der Waals surface area contributed by atoms with Crippen LogP contribution in [0.15, 0.2) is 30.5 Å². The monoisotopic (exact) mass is 358 g/mol. The van der Waals surface area contributed by atoms with Crippen LogP contribution in [0.4, 0.5) is 5.69 Å². The van der Waals surface area contributed by atoms with Crippen molar-refractivity contribution in [3.05, 3.63) is 36.2 Å². The molecule has 1 saturated heterocycles. The lowest BCUT2D eigenvalue weighted by Crippen LogP contribution is -2.32. The third-order valence-corrected chi connectivity index (χ3v) is 4.28. The van der Waals surface area contributed by atoms with Gasteiger partial charge in [-0.2, -0.15) is 5.10 Å². The number of benzene rings is 1. The predicted molar refractivity (Wildman–Crippen MR) is 100 cm³/mol. The zero-order valence-corrected chi connectivity index (χ0v) is 15.5. The Hall–Kier alpha value is -2.54. The molecule has 26 heavy (non-hydrogen) atoms. The van der Waals surface area contributed by atoms with Crippen molar-refractivity contribution < 1.29 is 14.3 Å². The Labute approximate surface area is 153 Å². The maximum Gasteiger partial charge on any atom is 0.276 e. The Morgan fingerprint density at radius 1 is 1.38 bits per heavy atom. The number of nitrogens with one attached hydrogen (secondary N) is 2. The standard InChI is InChI=1S/C19H26N4O3/c1-13(2)26-18-7-6-15(25-3)11-17(18)21-19(24)16-8-10-23(22-16)14-5-4-9-20-12-14/h6-8,10-11,13-14,20H,4-5,9,12H2,1-3H3,(H,21,24). The Balaban J connectivity index is 1.75. The topological polar surface area (TPSA) is 77.4 Å². The Morgan fingerprint density at radius 2 is 2.23 bits per heavy atom. The van der Waals surface area contributed by atoms with Gasteiger partial charge in [0.15, 0.2) is 5.69 Å². The van der Waals surface area contributed by atoms with Gasteiger partial charge in [-0.15, -0.1) is 0 Å². The summed E-state index contributed by atoms with van der Waals surface area (Å²) in [5.41, 5.74) is 0.950. The number of carbonyl (C=O) groups is 1. The van der Waals surface area contributed by atoms with E-state index >= 15 is 0 Å². The molecule has 0 bridgehead atoms. The van der Waals surface area contributed by atoms with Crippen LogP contribution < -0.4 is 20.1 Å². The van der Waals surface area contributed by atoms with E-state index in [1.807, 2.05) is 24.7 Å². The van der Waals surface area contributed by atoms with Gasteiger partial charge in [0.2, 0.25) is 0 Å². The molecular formula is C19H26N4O3. The molecule has 140 valence electrons. The van der Waals surface area contributed by atoms with Crippen LogP contribution in [0.2, 0.25) is 0 Å². The summed E-state index contributed by atoms with van der Waals surface area (Å²) in [7, 11) is 1.59. The maximum atomic E-state index is 12.6. The Morgan fingerprint density at radius 3 is 2.92 bits per heavy atom. The number of piperidine rings is 1. The van der Waals surface area contributed by atoms with Gasteiger partial charge in [-0.25, -0.2) is 0 Å². The van der Waals surface area contributed by atoms with Crippen LogP contribution in [0.25, 0.3) is 0 Å². The van der Waals surface area contributed by atoms with Gasteiger partial charge in [-0.3, -0.25) is 9.48 Å². The molecular weight excluding hydrogens is 332 g/mol. The molecule has 1 unspecified atom stereocenters. The first-order valence-corrected chi connectivity index (χ1v) is 8.98. The molecule has 2 aromatic rings. The number of ether oxygens (including phenoxy) is 2. The van der Waals surface area contributed by atoms with Crippen LogP contribution >= 0.6 is 0 Å². The van der Waals surface area contributed by atoms with Gasteiger partial charge in [-0.1, -0.05) is 0 Å². The van der Waals surface area contributed by atoms with E-state index in [-0.39, 0.29) is 12.0 Å². The summed E-state index contributed by atoms with van der Waals surface area (Å²) in [6, 6.07) is 7.38. The zero-order chi connectivity index (χ0) is 18.5. The van der Waals surface area contributed by atoms with Gasteiger partial charge in [0.25, 0.3) is 5.91 Å². The highest BCUT2D eigenvalue weighted by molar-refractivity contribution is 6.03. The fraction of sp³-hybridized carbons (Fsp3) is 0.474. The molecule has 0 saturated carbocycles. The highest BCUT2D eigenvalue weighted by Gasteiger charge is 2.19. The second kappa shape index (κ2) is 8.23. The Kier molecular flexibility index (Phi) is 5.78. The van der Waals surface area contributed by atoms with E-state index in [0.29, 0.717) is 28.9 Å². The quantitative estimate of drug-likeness (QED) is 0.830. The first kappa shape index (κ1) is 18.3. The molecule has 2 heterocycles. The molecule has 1 aliphatic rings. The first-order chi connectivity index (χ1) is 12.6. The van der Waals surface area contributed by atoms with Crippen LogP contribution in [0, 0.1) is 0 Å². The van der Waals surface area contributed by atoms with Crippen LogP contribution in [-0.2, 0) is 0 Å². The number of anilines is 1. The van der Waals surface area contributed by atoms with Gasteiger partial charge in [-0.05, 0) is 51.4 Å². The largest absolute Gasteiger partial charge is 0.497 e. The summed E-state index contributed by atoms with van der Waals surface area (Å²) in [4.78, 5) is 12.6. The van der Waals surface area contributed by atoms with Crippen molar-refractivity contribution >= 4 is 11.6 Å². The van der Waals surface area contributed by atoms with Gasteiger partial charge < -0.3 is 20.1 Å². The zero-order valence-electron chi connectivity index (χ0n) is 15.5. The maximum absolute atomic E-state index is 12.6. The van der Waals surface area contributed by atoms with Crippen LogP contribution in [0.3, 0.4) is 0 Å². The van der Waals surface area contributed by atoms with E-state index in [1.165, 1.54) is 0 Å². The van der Waals surface area contributed by atoms with Gasteiger partial charge in [0.05, 0.1) is 24.9 Å². The average molecular weight is 358 g/mol. The highest BCUT2D eigenvalue weighted by Crippen LogP contribution is 2.30. The number of amides is 1. The second-order valence-electron chi connectivity index (χ2n) is 6.66. The smallest absolute Gasteiger partial charge is 0.276 e. The second-order valence-corrected chi connectivity index (χ2v) is 6.66. The summed E-state index contributed by atoms with van der Waals surface area (Å²) in [5.74, 6) is 0.981. The van der Waals surface area contributed by atoms with Crippen molar-refractivity contribution in [2.75, 3.05) is 25.5 Å². The summed E-state index contributed by atoms with van der Waals surface area (Å²) in [6.45, 7) is 5.80. The van der Waals surface area contributed by atoms with Crippen molar-refractivity contribution in [2.45, 2.75) is 38.8 Å². The average Bonchev–Trinajstić information content (AvgIpc) is 3.14. The number of hydrogen-bond donors (Lipinski definition) is 2. The molecule has 3 rings (SSSR count). The summed E-state index contributed by atoms with van der Waals surface area (Å²) in [5, 5.41) is 10.7. The molecule has 0 spiro atoms. The van der Waals surface area contributed by atoms with Crippen LogP contribution in [0.5, 0.6) is 11.5 Å². The summed E-state index contributed by atoms with van der Waals surface area (Å²) in [6.07, 6.45) is 4.05. The van der Waals surface area contributed by atoms with Gasteiger partial charge in [0, 0.05) is 18.8 Å². The first-order valence-electron chi connectivity index (χ1n) is 8.98. The lowest BCUT2D eigenvalue weighted by atomic mass is 10.1. The van der Waals surface area contributed by atoms with Crippen molar-refractivity contribution in [1.29, 1.82) is 0 Å². The SMILES string of the molecule is COc1ccc(OC(C)C)c(NC(=O)c2ccn(C3CCCNC3)n2)c1. The van der Waals surface area contributed by atoms with Crippen LogP contribution in [-0.4, -0.2) is 42.0 Å². The molecule has 1 aromatic heterocycles. The number of aromatic nitrogens is 2. The fourth-order valence-corrected chi connectivity index (χ4v) is 3.00. The minimum atomic E-state index is -0.269. The third kappa shape index (κ3) is 4.35. The number of nitrogens with zero attached hydrogens (tertiary/aromatic N) is 2. The van der Waals surface area contributed by atoms with Crippen molar-refractivity contribution in [3.8, 4) is 11.5 Å². The van der Waals surface area contributed by atoms with E-state index in [4.69, 9.17) is 9.47 Å². The van der Waals surface area contributed by atoms with Gasteiger partial charge >= 0.3 is 0 Å². The normalized spacial score (nSPS) is 17.2. The van der Waals surface area contributed by atoms with E-state index in [9.17, 15) is 4.79 Å². The number of methoxy groups -OCH3 is 1. The number of rotatable bonds is 6. The van der Waals surface area contributed by atoms with E-state index in [0.717, 1.165) is 25.9 Å². The molecule has 1 fully saturated rings. The highest BCUT2D eigenvalue weighted by atomic mass is 16.5. The van der Waals surface area contributed by atoms with E-state index < -0.39 is 0 Å². The minimum Gasteiger partial charge on any atom is -0.497 e. The minimum absolute atomic E-state index is 0.00273. The molecule has 7 heteroatoms. The molecule has 1 amide bonds. The molecule has 7 nitrogen and oxygen atoms in total. The van der Waals surface area contributed by atoms with Crippen molar-refractivity contribution in [1.82, 2.24) is 15.1 Å². The lowest BCUT2D eigenvalue weighted by Gasteiger charge is -2.22. The van der Waals surface area contributed by atoms with E-state index in [2.05, 4.69) is 15.7 Å². The lowest BCUT2D eigenvalue weighted by molar-refractivity contribution is 0.102.